The molecule has 2 atom stereocenters. The molecule has 1 aromatic heterocycles. The summed E-state index contributed by atoms with van der Waals surface area (Å²) < 4.78 is 6.03. The lowest BCUT2D eigenvalue weighted by Crippen LogP contribution is -2.21. The molecule has 8 nitrogen and oxygen atoms in total. The number of nitrogens with one attached hydrogen (secondary N) is 2. The maximum absolute atomic E-state index is 11.4. The Kier molecular flexibility index (Phi) is 11.5. The number of hydrogen-bond acceptors (Lipinski definition) is 6. The molecule has 0 spiro atoms. The molecular weight excluding hydrogens is 480 g/mol. The minimum atomic E-state index is -0.277. The molecule has 3 N–H and O–H groups in total. The average molecular weight is 521 g/mol. The van der Waals surface area contributed by atoms with Gasteiger partial charge < -0.3 is 15.0 Å². The van der Waals surface area contributed by atoms with E-state index in [0.717, 1.165) is 66.7 Å². The molecule has 2 aliphatic rings. The van der Waals surface area contributed by atoms with Crippen molar-refractivity contribution < 1.29 is 19.5 Å². The van der Waals surface area contributed by atoms with E-state index >= 15 is 0 Å². The van der Waals surface area contributed by atoms with Crippen molar-refractivity contribution >= 4 is 23.2 Å². The van der Waals surface area contributed by atoms with Crippen molar-refractivity contribution in [2.75, 3.05) is 27.2 Å². The van der Waals surface area contributed by atoms with Gasteiger partial charge in [0.25, 0.3) is 0 Å². The number of aryl methyl sites for hydroxylation is 1. The topological polar surface area (TPSA) is 104 Å². The second-order valence-corrected chi connectivity index (χ2v) is 9.71. The van der Waals surface area contributed by atoms with E-state index in [1.54, 1.807) is 10.4 Å². The predicted octanol–water partition coefficient (Wildman–Crippen LogP) is 4.13. The number of pyridine rings is 1. The molecule has 3 aromatic rings. The fourth-order valence-corrected chi connectivity index (χ4v) is 4.52. The summed E-state index contributed by atoms with van der Waals surface area (Å²) in [4.78, 5) is 27.8. The van der Waals surface area contributed by atoms with E-state index in [1.807, 2.05) is 56.6 Å². The fourth-order valence-electron chi connectivity index (χ4n) is 4.52. The largest absolute Gasteiger partial charge is 0.489 e. The first-order valence-corrected chi connectivity index (χ1v) is 13.3. The average Bonchev–Trinajstić information content (AvgIpc) is 3.50. The first-order chi connectivity index (χ1) is 18.5. The van der Waals surface area contributed by atoms with Crippen LogP contribution in [-0.4, -0.2) is 54.6 Å². The second kappa shape index (κ2) is 15.1. The standard InChI is InChI=1S/C23H24N2O3.C5H9NO.C2H7N/c1-2-18-12-17(20-5-3-4-6-22(20)24-18)14-28-19-9-7-15(8-10-19)11-16-13-21(16)23(26)25-27;7-5-6-3-1-2-4-6;1-3-2/h3-10,12,16,21,27H,2,11,13-14H2,1H3,(H,25,26);5H,1-4H2;3H,1-2H3. The molecule has 2 amide bonds. The van der Waals surface area contributed by atoms with Crippen LogP contribution >= 0.6 is 0 Å². The van der Waals surface area contributed by atoms with Crippen molar-refractivity contribution in [2.24, 2.45) is 11.8 Å². The molecule has 2 heterocycles. The number of benzene rings is 2. The molecule has 38 heavy (non-hydrogen) atoms. The second-order valence-electron chi connectivity index (χ2n) is 9.71. The first-order valence-electron chi connectivity index (χ1n) is 13.3. The van der Waals surface area contributed by atoms with Crippen LogP contribution in [0.25, 0.3) is 10.9 Å². The highest BCUT2D eigenvalue weighted by atomic mass is 16.5. The number of hydrogen-bond donors (Lipinski definition) is 3. The van der Waals surface area contributed by atoms with E-state index in [-0.39, 0.29) is 11.8 Å². The zero-order valence-corrected chi connectivity index (χ0v) is 22.7. The number of amides is 2. The fraction of sp³-hybridized carbons (Fsp3) is 0.433. The van der Waals surface area contributed by atoms with Gasteiger partial charge in [-0.05, 0) is 81.9 Å². The lowest BCUT2D eigenvalue weighted by molar-refractivity contribution is -0.130. The van der Waals surface area contributed by atoms with Gasteiger partial charge in [0.2, 0.25) is 12.3 Å². The van der Waals surface area contributed by atoms with Gasteiger partial charge in [0, 0.05) is 35.7 Å². The number of likely N-dealkylation sites (tertiary alicyclic amines) is 1. The van der Waals surface area contributed by atoms with Crippen LogP contribution in [0.1, 0.15) is 43.0 Å². The lowest BCUT2D eigenvalue weighted by atomic mass is 10.1. The number of fused-ring (bicyclic) bond motifs is 1. The number of para-hydroxylation sites is 1. The Morgan fingerprint density at radius 2 is 1.82 bits per heavy atom. The highest BCUT2D eigenvalue weighted by Crippen LogP contribution is 2.41. The monoisotopic (exact) mass is 520 g/mol. The van der Waals surface area contributed by atoms with Crippen LogP contribution in [0, 0.1) is 11.8 Å². The van der Waals surface area contributed by atoms with Gasteiger partial charge in [-0.2, -0.15) is 0 Å². The van der Waals surface area contributed by atoms with Crippen LogP contribution in [0.5, 0.6) is 5.75 Å². The predicted molar refractivity (Wildman–Crippen MR) is 149 cm³/mol. The van der Waals surface area contributed by atoms with Crippen LogP contribution in [0.4, 0.5) is 0 Å². The van der Waals surface area contributed by atoms with Crippen LogP contribution < -0.4 is 15.5 Å². The van der Waals surface area contributed by atoms with Crippen LogP contribution in [0.3, 0.4) is 0 Å². The molecule has 5 rings (SSSR count). The van der Waals surface area contributed by atoms with Crippen LogP contribution in [0.2, 0.25) is 0 Å². The molecule has 2 fully saturated rings. The van der Waals surface area contributed by atoms with Gasteiger partial charge in [-0.15, -0.1) is 0 Å². The van der Waals surface area contributed by atoms with E-state index in [1.165, 1.54) is 18.4 Å². The molecule has 1 aliphatic carbocycles. The first kappa shape index (κ1) is 29.1. The highest BCUT2D eigenvalue weighted by molar-refractivity contribution is 5.82. The Morgan fingerprint density at radius 3 is 2.42 bits per heavy atom. The Hall–Kier alpha value is -3.49. The van der Waals surface area contributed by atoms with Gasteiger partial charge in [0.15, 0.2) is 0 Å². The summed E-state index contributed by atoms with van der Waals surface area (Å²) in [5.41, 5.74) is 6.13. The number of carbonyl (C=O) groups excluding carboxylic acids is 2. The maximum atomic E-state index is 11.4. The van der Waals surface area contributed by atoms with Crippen LogP contribution in [0.15, 0.2) is 54.6 Å². The summed E-state index contributed by atoms with van der Waals surface area (Å²) in [5.74, 6) is 0.798. The van der Waals surface area contributed by atoms with Crippen molar-refractivity contribution in [1.82, 2.24) is 20.7 Å². The number of rotatable bonds is 8. The molecule has 2 aromatic carbocycles. The number of nitrogens with zero attached hydrogens (tertiary/aromatic N) is 2. The minimum absolute atomic E-state index is 0.0614. The summed E-state index contributed by atoms with van der Waals surface area (Å²) in [6, 6.07) is 18.3. The number of carbonyl (C=O) groups is 2. The molecule has 0 radical (unpaired) electrons. The zero-order chi connectivity index (χ0) is 27.3. The summed E-state index contributed by atoms with van der Waals surface area (Å²) >= 11 is 0. The molecule has 204 valence electrons. The Balaban J connectivity index is 0.000000338. The van der Waals surface area contributed by atoms with Gasteiger partial charge in [0.1, 0.15) is 12.4 Å². The summed E-state index contributed by atoms with van der Waals surface area (Å²) in [6.07, 6.45) is 5.88. The van der Waals surface area contributed by atoms with Crippen molar-refractivity contribution in [3.05, 3.63) is 71.4 Å². The third kappa shape index (κ3) is 8.53. The van der Waals surface area contributed by atoms with Crippen molar-refractivity contribution in [3.8, 4) is 5.75 Å². The number of ether oxygens (including phenoxy) is 1. The molecule has 1 saturated heterocycles. The van der Waals surface area contributed by atoms with E-state index in [4.69, 9.17) is 9.94 Å². The molecule has 1 aliphatic heterocycles. The van der Waals surface area contributed by atoms with Crippen LogP contribution in [-0.2, 0) is 29.0 Å². The van der Waals surface area contributed by atoms with Gasteiger partial charge in [-0.3, -0.25) is 19.8 Å². The minimum Gasteiger partial charge on any atom is -0.489 e. The number of aromatic nitrogens is 1. The normalized spacial score (nSPS) is 17.5. The molecule has 8 heteroatoms. The maximum Gasteiger partial charge on any atom is 0.246 e. The highest BCUT2D eigenvalue weighted by Gasteiger charge is 2.42. The van der Waals surface area contributed by atoms with E-state index in [0.29, 0.717) is 12.5 Å². The van der Waals surface area contributed by atoms with Gasteiger partial charge in [-0.25, -0.2) is 5.48 Å². The zero-order valence-electron chi connectivity index (χ0n) is 22.7. The molecule has 1 saturated carbocycles. The summed E-state index contributed by atoms with van der Waals surface area (Å²) in [5, 5.41) is 12.6. The quantitative estimate of drug-likeness (QED) is 0.234. The SMILES string of the molecule is CCc1cc(COc2ccc(CC3CC3C(=O)NO)cc2)c2ccccc2n1.CNC.O=CN1CCCC1. The lowest BCUT2D eigenvalue weighted by Gasteiger charge is -2.11. The summed E-state index contributed by atoms with van der Waals surface area (Å²) in [7, 11) is 3.75. The van der Waals surface area contributed by atoms with E-state index in [2.05, 4.69) is 29.4 Å². The van der Waals surface area contributed by atoms with E-state index in [9.17, 15) is 9.59 Å². The van der Waals surface area contributed by atoms with Crippen molar-refractivity contribution in [1.29, 1.82) is 0 Å². The third-order valence-corrected chi connectivity index (χ3v) is 6.69. The smallest absolute Gasteiger partial charge is 0.246 e. The third-order valence-electron chi connectivity index (χ3n) is 6.69. The van der Waals surface area contributed by atoms with Gasteiger partial charge >= 0.3 is 0 Å². The van der Waals surface area contributed by atoms with Gasteiger partial charge in [0.05, 0.1) is 5.52 Å². The van der Waals surface area contributed by atoms with Crippen molar-refractivity contribution in [2.45, 2.75) is 45.6 Å². The molecule has 2 unspecified atom stereocenters. The Morgan fingerprint density at radius 1 is 1.13 bits per heavy atom. The van der Waals surface area contributed by atoms with Gasteiger partial charge in [-0.1, -0.05) is 37.3 Å². The summed E-state index contributed by atoms with van der Waals surface area (Å²) in [6.45, 7) is 4.55. The molecule has 0 bridgehead atoms. The van der Waals surface area contributed by atoms with Crippen molar-refractivity contribution in [3.63, 3.8) is 0 Å². The number of hydroxylamine groups is 1. The Bertz CT molecular complexity index is 1160. The molecular formula is C30H40N4O4. The Labute approximate surface area is 225 Å². The van der Waals surface area contributed by atoms with E-state index < -0.39 is 0 Å².